The zero-order chi connectivity index (χ0) is 21.4. The van der Waals surface area contributed by atoms with E-state index in [9.17, 15) is 9.65 Å². The van der Waals surface area contributed by atoms with Crippen molar-refractivity contribution in [3.05, 3.63) is 85.0 Å². The maximum Gasteiger partial charge on any atom is 0.244 e. The van der Waals surface area contributed by atoms with Crippen LogP contribution in [-0.4, -0.2) is 10.2 Å². The third kappa shape index (κ3) is 3.68. The predicted octanol–water partition coefficient (Wildman–Crippen LogP) is 5.18. The van der Waals surface area contributed by atoms with Gasteiger partial charge in [0, 0.05) is 11.3 Å². The number of H-pyrrole nitrogens is 1. The van der Waals surface area contributed by atoms with Crippen LogP contribution < -0.4 is 15.2 Å². The summed E-state index contributed by atoms with van der Waals surface area (Å²) < 4.78 is 25.9. The molecular weight excluding hydrogens is 519 g/mol. The molecular formula is C21H15Br2FN4O2. The highest BCUT2D eigenvalue weighted by Crippen LogP contribution is 2.46. The number of nitrogens with two attached hydrogens (primary N) is 1. The molecule has 9 heteroatoms. The molecule has 0 saturated carbocycles. The van der Waals surface area contributed by atoms with E-state index in [1.54, 1.807) is 12.1 Å². The summed E-state index contributed by atoms with van der Waals surface area (Å²) in [6.45, 7) is 2.14. The highest BCUT2D eigenvalue weighted by Gasteiger charge is 2.34. The molecule has 0 aliphatic carbocycles. The Balaban J connectivity index is 1.70. The molecule has 30 heavy (non-hydrogen) atoms. The first-order chi connectivity index (χ1) is 14.4. The van der Waals surface area contributed by atoms with Crippen molar-refractivity contribution in [1.29, 1.82) is 5.26 Å². The van der Waals surface area contributed by atoms with Crippen LogP contribution in [0.25, 0.3) is 0 Å². The lowest BCUT2D eigenvalue weighted by atomic mass is 9.84. The van der Waals surface area contributed by atoms with Crippen molar-refractivity contribution in [2.24, 2.45) is 5.73 Å². The molecule has 152 valence electrons. The zero-order valence-corrected chi connectivity index (χ0v) is 18.8. The molecule has 1 aromatic heterocycles. The number of fused-ring (bicyclic) bond motifs is 1. The molecule has 2 aromatic carbocycles. The number of nitrogens with one attached hydrogen (secondary N) is 1. The first-order valence-electron chi connectivity index (χ1n) is 8.87. The molecule has 1 aliphatic rings. The second-order valence-corrected chi connectivity index (χ2v) is 8.43. The lowest BCUT2D eigenvalue weighted by Crippen LogP contribution is -2.21. The molecule has 2 heterocycles. The van der Waals surface area contributed by atoms with Gasteiger partial charge in [-0.05, 0) is 74.2 Å². The number of aromatic nitrogens is 2. The monoisotopic (exact) mass is 532 g/mol. The van der Waals surface area contributed by atoms with Gasteiger partial charge in [-0.25, -0.2) is 4.39 Å². The third-order valence-electron chi connectivity index (χ3n) is 4.78. The van der Waals surface area contributed by atoms with Crippen LogP contribution >= 0.6 is 31.9 Å². The van der Waals surface area contributed by atoms with E-state index in [2.05, 4.69) is 48.1 Å². The summed E-state index contributed by atoms with van der Waals surface area (Å²) in [5, 5.41) is 16.7. The van der Waals surface area contributed by atoms with Gasteiger partial charge < -0.3 is 15.2 Å². The number of ether oxygens (including phenoxy) is 2. The van der Waals surface area contributed by atoms with Gasteiger partial charge >= 0.3 is 0 Å². The van der Waals surface area contributed by atoms with Crippen LogP contribution in [0.15, 0.2) is 56.8 Å². The van der Waals surface area contributed by atoms with Crippen molar-refractivity contribution in [2.75, 3.05) is 0 Å². The topological polar surface area (TPSA) is 97.0 Å². The van der Waals surface area contributed by atoms with Crippen LogP contribution in [0.3, 0.4) is 0 Å². The van der Waals surface area contributed by atoms with Crippen LogP contribution in [0.5, 0.6) is 11.6 Å². The van der Waals surface area contributed by atoms with E-state index >= 15 is 0 Å². The number of aryl methyl sites for hydroxylation is 1. The summed E-state index contributed by atoms with van der Waals surface area (Å²) in [5.41, 5.74) is 9.50. The second-order valence-electron chi connectivity index (χ2n) is 6.72. The molecule has 0 spiro atoms. The average molecular weight is 534 g/mol. The van der Waals surface area contributed by atoms with Crippen molar-refractivity contribution in [2.45, 2.75) is 19.4 Å². The zero-order valence-electron chi connectivity index (χ0n) is 15.7. The summed E-state index contributed by atoms with van der Waals surface area (Å²) >= 11 is 7.11. The lowest BCUT2D eigenvalue weighted by molar-refractivity contribution is 0.302. The van der Waals surface area contributed by atoms with Crippen molar-refractivity contribution >= 4 is 31.9 Å². The minimum atomic E-state index is -0.434. The summed E-state index contributed by atoms with van der Waals surface area (Å²) in [5.74, 6) is 0.255. The summed E-state index contributed by atoms with van der Waals surface area (Å²) in [6, 6.07) is 12.0. The molecule has 0 unspecified atom stereocenters. The average Bonchev–Trinajstić information content (AvgIpc) is 3.07. The molecule has 1 aliphatic heterocycles. The molecule has 6 nitrogen and oxygen atoms in total. The van der Waals surface area contributed by atoms with E-state index in [0.717, 1.165) is 22.4 Å². The van der Waals surface area contributed by atoms with Gasteiger partial charge in [0.15, 0.2) is 0 Å². The van der Waals surface area contributed by atoms with Crippen LogP contribution in [-0.2, 0) is 6.61 Å². The van der Waals surface area contributed by atoms with E-state index in [-0.39, 0.29) is 18.3 Å². The normalized spacial score (nSPS) is 15.4. The van der Waals surface area contributed by atoms with E-state index < -0.39 is 5.92 Å². The molecule has 0 bridgehead atoms. The molecule has 0 amide bonds. The number of nitriles is 1. The summed E-state index contributed by atoms with van der Waals surface area (Å²) in [4.78, 5) is 0. The second kappa shape index (κ2) is 8.13. The smallest absolute Gasteiger partial charge is 0.244 e. The fraction of sp³-hybridized carbons (Fsp3) is 0.143. The number of allylic oxidation sites excluding steroid dienone is 1. The maximum atomic E-state index is 13.1. The van der Waals surface area contributed by atoms with E-state index in [4.69, 9.17) is 15.2 Å². The minimum Gasteiger partial charge on any atom is -0.487 e. The quantitative estimate of drug-likeness (QED) is 0.481. The molecule has 1 atom stereocenters. The standard InChI is InChI=1S/C21H15Br2FN4O2/c1-10-17-18(14(8-25)20(26)30-21(17)28-27-10)12-6-15(22)19(16(23)7-12)29-9-11-2-4-13(24)5-3-11/h2-7,18H,9,26H2,1H3,(H,27,28)/t18-/m1/s1. The van der Waals surface area contributed by atoms with Gasteiger partial charge in [0.25, 0.3) is 0 Å². The first-order valence-corrected chi connectivity index (χ1v) is 10.5. The number of hydrogen-bond acceptors (Lipinski definition) is 5. The lowest BCUT2D eigenvalue weighted by Gasteiger charge is -2.24. The van der Waals surface area contributed by atoms with Gasteiger partial charge in [0.2, 0.25) is 11.8 Å². The van der Waals surface area contributed by atoms with Gasteiger partial charge in [-0.2, -0.15) is 5.26 Å². The van der Waals surface area contributed by atoms with E-state index in [1.807, 2.05) is 19.1 Å². The largest absolute Gasteiger partial charge is 0.487 e. The fourth-order valence-corrected chi connectivity index (χ4v) is 4.80. The number of rotatable bonds is 4. The van der Waals surface area contributed by atoms with Crippen molar-refractivity contribution < 1.29 is 13.9 Å². The highest BCUT2D eigenvalue weighted by atomic mass is 79.9. The van der Waals surface area contributed by atoms with Gasteiger partial charge in [0.1, 0.15) is 29.8 Å². The minimum absolute atomic E-state index is 0.0328. The number of nitrogens with zero attached hydrogens (tertiary/aromatic N) is 2. The molecule has 0 fully saturated rings. The van der Waals surface area contributed by atoms with E-state index in [0.29, 0.717) is 26.1 Å². The Labute approximate surface area is 188 Å². The van der Waals surface area contributed by atoms with Crippen LogP contribution in [0.1, 0.15) is 28.3 Å². The number of hydrogen-bond donors (Lipinski definition) is 2. The third-order valence-corrected chi connectivity index (χ3v) is 5.96. The van der Waals surface area contributed by atoms with Gasteiger partial charge in [-0.3, -0.25) is 5.10 Å². The number of aromatic amines is 1. The van der Waals surface area contributed by atoms with Gasteiger partial charge in [0.05, 0.1) is 14.9 Å². The van der Waals surface area contributed by atoms with Gasteiger partial charge in [-0.15, -0.1) is 5.10 Å². The Bertz CT molecular complexity index is 1180. The molecule has 4 rings (SSSR count). The SMILES string of the molecule is Cc1[nH]nc2c1[C@H](c1cc(Br)c(OCc3ccc(F)cc3)c(Br)c1)C(C#N)=C(N)O2. The molecule has 3 N–H and O–H groups in total. The Morgan fingerprint density at radius 3 is 2.57 bits per heavy atom. The Kier molecular flexibility index (Phi) is 5.54. The maximum absolute atomic E-state index is 13.1. The van der Waals surface area contributed by atoms with Crippen molar-refractivity contribution in [1.82, 2.24) is 10.2 Å². The first kappa shape index (κ1) is 20.4. The Hall–Kier alpha value is -2.83. The predicted molar refractivity (Wildman–Crippen MR) is 115 cm³/mol. The summed E-state index contributed by atoms with van der Waals surface area (Å²) in [6.07, 6.45) is 0. The van der Waals surface area contributed by atoms with Crippen molar-refractivity contribution in [3.8, 4) is 17.7 Å². The Morgan fingerprint density at radius 2 is 1.93 bits per heavy atom. The summed E-state index contributed by atoms with van der Waals surface area (Å²) in [7, 11) is 0. The van der Waals surface area contributed by atoms with Crippen LogP contribution in [0.2, 0.25) is 0 Å². The highest BCUT2D eigenvalue weighted by molar-refractivity contribution is 9.11. The van der Waals surface area contributed by atoms with Crippen LogP contribution in [0.4, 0.5) is 4.39 Å². The Morgan fingerprint density at radius 1 is 1.27 bits per heavy atom. The van der Waals surface area contributed by atoms with E-state index in [1.165, 1.54) is 12.1 Å². The fourth-order valence-electron chi connectivity index (χ4n) is 3.35. The van der Waals surface area contributed by atoms with Gasteiger partial charge in [-0.1, -0.05) is 12.1 Å². The molecule has 0 saturated heterocycles. The number of benzene rings is 2. The van der Waals surface area contributed by atoms with Crippen LogP contribution in [0, 0.1) is 24.1 Å². The molecule has 0 radical (unpaired) electrons. The van der Waals surface area contributed by atoms with Crippen molar-refractivity contribution in [3.63, 3.8) is 0 Å². The number of halogens is 3. The molecule has 3 aromatic rings.